The van der Waals surface area contributed by atoms with Crippen LogP contribution in [0.4, 0.5) is 0 Å². The largest absolute Gasteiger partial charge is 0.289 e. The quantitative estimate of drug-likeness (QED) is 0.639. The summed E-state index contributed by atoms with van der Waals surface area (Å²) < 4.78 is 1.99. The minimum absolute atomic E-state index is 0.0724. The van der Waals surface area contributed by atoms with Crippen LogP contribution >= 0.6 is 31.9 Å². The molecule has 0 bridgehead atoms. The van der Waals surface area contributed by atoms with Crippen LogP contribution in [0.15, 0.2) is 39.3 Å². The highest BCUT2D eigenvalue weighted by atomic mass is 79.9. The van der Waals surface area contributed by atoms with Gasteiger partial charge in [-0.1, -0.05) is 37.9 Å². The first-order valence-corrected chi connectivity index (χ1v) is 7.57. The van der Waals surface area contributed by atoms with Crippen LogP contribution in [0.3, 0.4) is 0 Å². The van der Waals surface area contributed by atoms with E-state index >= 15 is 0 Å². The van der Waals surface area contributed by atoms with Crippen LogP contribution in [-0.4, -0.2) is 5.78 Å². The molecule has 0 atom stereocenters. The average Bonchev–Trinajstić information content (AvgIpc) is 2.37. The van der Waals surface area contributed by atoms with Crippen LogP contribution in [0.1, 0.15) is 32.6 Å². The average molecular weight is 382 g/mol. The smallest absolute Gasteiger partial charge is 0.193 e. The van der Waals surface area contributed by atoms with E-state index in [4.69, 9.17) is 0 Å². The van der Waals surface area contributed by atoms with E-state index in [0.29, 0.717) is 5.56 Å². The molecular weight excluding hydrogens is 368 g/mol. The van der Waals surface area contributed by atoms with E-state index in [1.807, 2.05) is 51.1 Å². The molecule has 0 aliphatic carbocycles. The molecule has 0 saturated heterocycles. The number of hydrogen-bond acceptors (Lipinski definition) is 1. The zero-order valence-electron chi connectivity index (χ0n) is 11.1. The SMILES string of the molecule is Cc1cc(C)c(C(=O)c2ccc(Br)cc2)c(C)c1Br. The molecule has 0 unspecified atom stereocenters. The summed E-state index contributed by atoms with van der Waals surface area (Å²) >= 11 is 6.94. The first kappa shape index (κ1) is 14.5. The van der Waals surface area contributed by atoms with Gasteiger partial charge in [-0.2, -0.15) is 0 Å². The van der Waals surface area contributed by atoms with Gasteiger partial charge in [-0.05, 0) is 61.7 Å². The third-order valence-corrected chi connectivity index (χ3v) is 4.96. The minimum atomic E-state index is 0.0724. The summed E-state index contributed by atoms with van der Waals surface area (Å²) in [7, 11) is 0. The van der Waals surface area contributed by atoms with E-state index in [1.165, 1.54) is 0 Å². The van der Waals surface area contributed by atoms with Gasteiger partial charge in [0.25, 0.3) is 0 Å². The Hall–Kier alpha value is -0.930. The van der Waals surface area contributed by atoms with Crippen molar-refractivity contribution in [2.24, 2.45) is 0 Å². The van der Waals surface area contributed by atoms with E-state index < -0.39 is 0 Å². The lowest BCUT2D eigenvalue weighted by Crippen LogP contribution is -2.07. The fourth-order valence-electron chi connectivity index (χ4n) is 2.26. The summed E-state index contributed by atoms with van der Waals surface area (Å²) in [4.78, 5) is 12.6. The predicted molar refractivity (Wildman–Crippen MR) is 85.9 cm³/mol. The van der Waals surface area contributed by atoms with Gasteiger partial charge >= 0.3 is 0 Å². The van der Waals surface area contributed by atoms with Gasteiger partial charge in [0, 0.05) is 20.1 Å². The third kappa shape index (κ3) is 2.82. The highest BCUT2D eigenvalue weighted by Crippen LogP contribution is 2.28. The molecule has 0 saturated carbocycles. The van der Waals surface area contributed by atoms with Crippen molar-refractivity contribution >= 4 is 37.6 Å². The number of carbonyl (C=O) groups excluding carboxylic acids is 1. The molecule has 1 nitrogen and oxygen atoms in total. The third-order valence-electron chi connectivity index (χ3n) is 3.21. The molecule has 0 aromatic heterocycles. The molecule has 0 spiro atoms. The zero-order valence-corrected chi connectivity index (χ0v) is 14.2. The molecule has 2 rings (SSSR count). The standard InChI is InChI=1S/C16H14Br2O/c1-9-8-10(2)15(18)11(3)14(9)16(19)12-4-6-13(17)7-5-12/h4-8H,1-3H3. The van der Waals surface area contributed by atoms with Gasteiger partial charge in [0.15, 0.2) is 5.78 Å². The fourth-order valence-corrected chi connectivity index (χ4v) is 2.83. The van der Waals surface area contributed by atoms with E-state index in [2.05, 4.69) is 31.9 Å². The van der Waals surface area contributed by atoms with Crippen molar-refractivity contribution in [3.05, 3.63) is 67.1 Å². The summed E-state index contributed by atoms with van der Waals surface area (Å²) in [6.45, 7) is 6.01. The second kappa shape index (κ2) is 5.59. The maximum atomic E-state index is 12.6. The number of hydrogen-bond donors (Lipinski definition) is 0. The van der Waals surface area contributed by atoms with Crippen LogP contribution in [0, 0.1) is 20.8 Å². The maximum Gasteiger partial charge on any atom is 0.193 e. The van der Waals surface area contributed by atoms with E-state index in [0.717, 1.165) is 31.2 Å². The van der Waals surface area contributed by atoms with Gasteiger partial charge in [0.05, 0.1) is 0 Å². The van der Waals surface area contributed by atoms with Gasteiger partial charge in [-0.3, -0.25) is 4.79 Å². The molecule has 0 fully saturated rings. The van der Waals surface area contributed by atoms with Crippen LogP contribution < -0.4 is 0 Å². The van der Waals surface area contributed by atoms with Crippen molar-refractivity contribution < 1.29 is 4.79 Å². The Morgan fingerprint density at radius 3 is 2.11 bits per heavy atom. The molecule has 0 heterocycles. The van der Waals surface area contributed by atoms with Gasteiger partial charge in [0.1, 0.15) is 0 Å². The number of carbonyl (C=O) groups is 1. The Kier molecular flexibility index (Phi) is 4.26. The van der Waals surface area contributed by atoms with Crippen molar-refractivity contribution in [3.63, 3.8) is 0 Å². The Labute approximate surface area is 130 Å². The summed E-state index contributed by atoms with van der Waals surface area (Å²) in [5.74, 6) is 0.0724. The van der Waals surface area contributed by atoms with Crippen LogP contribution in [-0.2, 0) is 0 Å². The van der Waals surface area contributed by atoms with E-state index in [-0.39, 0.29) is 5.78 Å². The molecular formula is C16H14Br2O. The number of rotatable bonds is 2. The van der Waals surface area contributed by atoms with Crippen molar-refractivity contribution in [2.75, 3.05) is 0 Å². The lowest BCUT2D eigenvalue weighted by Gasteiger charge is -2.13. The van der Waals surface area contributed by atoms with Crippen LogP contribution in [0.2, 0.25) is 0 Å². The Morgan fingerprint density at radius 2 is 1.53 bits per heavy atom. The summed E-state index contributed by atoms with van der Waals surface area (Å²) in [6.07, 6.45) is 0. The normalized spacial score (nSPS) is 10.6. The maximum absolute atomic E-state index is 12.6. The summed E-state index contributed by atoms with van der Waals surface area (Å²) in [6, 6.07) is 9.52. The van der Waals surface area contributed by atoms with Gasteiger partial charge < -0.3 is 0 Å². The zero-order chi connectivity index (χ0) is 14.2. The van der Waals surface area contributed by atoms with Crippen LogP contribution in [0.25, 0.3) is 0 Å². The molecule has 2 aromatic carbocycles. The highest BCUT2D eigenvalue weighted by Gasteiger charge is 2.17. The Bertz CT molecular complexity index is 643. The molecule has 98 valence electrons. The molecule has 0 N–H and O–H groups in total. The second-order valence-electron chi connectivity index (χ2n) is 4.66. The lowest BCUT2D eigenvalue weighted by atomic mass is 9.93. The number of benzene rings is 2. The first-order valence-electron chi connectivity index (χ1n) is 5.98. The van der Waals surface area contributed by atoms with Gasteiger partial charge in [-0.25, -0.2) is 0 Å². The van der Waals surface area contributed by atoms with Gasteiger partial charge in [0.2, 0.25) is 0 Å². The summed E-state index contributed by atoms with van der Waals surface area (Å²) in [5, 5.41) is 0. The Balaban J connectivity index is 2.56. The topological polar surface area (TPSA) is 17.1 Å². The molecule has 0 radical (unpaired) electrons. The lowest BCUT2D eigenvalue weighted by molar-refractivity contribution is 0.103. The van der Waals surface area contributed by atoms with E-state index in [1.54, 1.807) is 0 Å². The number of aryl methyl sites for hydroxylation is 2. The molecule has 19 heavy (non-hydrogen) atoms. The molecule has 3 heteroatoms. The van der Waals surface area contributed by atoms with Crippen molar-refractivity contribution in [2.45, 2.75) is 20.8 Å². The summed E-state index contributed by atoms with van der Waals surface area (Å²) in [5.41, 5.74) is 4.68. The highest BCUT2D eigenvalue weighted by molar-refractivity contribution is 9.10. The second-order valence-corrected chi connectivity index (χ2v) is 6.37. The first-order chi connectivity index (χ1) is 8.91. The number of halogens is 2. The molecule has 2 aromatic rings. The van der Waals surface area contributed by atoms with Crippen molar-refractivity contribution in [1.82, 2.24) is 0 Å². The molecule has 0 aliphatic heterocycles. The van der Waals surface area contributed by atoms with Crippen LogP contribution in [0.5, 0.6) is 0 Å². The minimum Gasteiger partial charge on any atom is -0.289 e. The van der Waals surface area contributed by atoms with Gasteiger partial charge in [-0.15, -0.1) is 0 Å². The van der Waals surface area contributed by atoms with E-state index in [9.17, 15) is 4.79 Å². The monoisotopic (exact) mass is 380 g/mol. The van der Waals surface area contributed by atoms with Crippen molar-refractivity contribution in [1.29, 1.82) is 0 Å². The predicted octanol–water partition coefficient (Wildman–Crippen LogP) is 5.37. The number of ketones is 1. The van der Waals surface area contributed by atoms with Crippen molar-refractivity contribution in [3.8, 4) is 0 Å². The molecule has 0 aliphatic rings. The Morgan fingerprint density at radius 1 is 0.947 bits per heavy atom. The molecule has 0 amide bonds. The fraction of sp³-hybridized carbons (Fsp3) is 0.188.